The lowest BCUT2D eigenvalue weighted by Crippen LogP contribution is -2.50. The number of carbonyl (C=O) groups excluding carboxylic acids is 2. The van der Waals surface area contributed by atoms with Crippen LogP contribution in [-0.2, 0) is 22.6 Å². The zero-order valence-corrected chi connectivity index (χ0v) is 14.1. The highest BCUT2D eigenvalue weighted by Crippen LogP contribution is 2.19. The molecule has 2 aromatic carbocycles. The van der Waals surface area contributed by atoms with Crippen molar-refractivity contribution in [3.05, 3.63) is 71.9 Å². The Hall–Kier alpha value is -3.32. The van der Waals surface area contributed by atoms with Crippen molar-refractivity contribution in [1.29, 1.82) is 0 Å². The van der Waals surface area contributed by atoms with Crippen LogP contribution in [0.4, 0.5) is 4.79 Å². The molecule has 0 aliphatic carbocycles. The van der Waals surface area contributed by atoms with Crippen molar-refractivity contribution in [1.82, 2.24) is 15.7 Å². The van der Waals surface area contributed by atoms with Crippen molar-refractivity contribution < 1.29 is 14.3 Å². The summed E-state index contributed by atoms with van der Waals surface area (Å²) in [6.07, 6.45) is 1.42. The monoisotopic (exact) mass is 352 g/mol. The smallest absolute Gasteiger partial charge is 0.408 e. The molecule has 7 nitrogen and oxygen atoms in total. The Morgan fingerprint density at radius 3 is 2.58 bits per heavy atom. The van der Waals surface area contributed by atoms with E-state index in [-0.39, 0.29) is 13.0 Å². The molecule has 0 radical (unpaired) electrons. The third-order valence-corrected chi connectivity index (χ3v) is 4.06. The highest BCUT2D eigenvalue weighted by molar-refractivity contribution is 5.88. The lowest BCUT2D eigenvalue weighted by atomic mass is 10.0. The fraction of sp³-hybridized carbons (Fsp3) is 0.158. The highest BCUT2D eigenvalue weighted by atomic mass is 16.5. The van der Waals surface area contributed by atoms with Gasteiger partial charge in [0.2, 0.25) is 0 Å². The van der Waals surface area contributed by atoms with E-state index in [1.807, 2.05) is 60.8 Å². The first-order chi connectivity index (χ1) is 12.7. The number of H-pyrrole nitrogens is 1. The fourth-order valence-corrected chi connectivity index (χ4v) is 2.74. The van der Waals surface area contributed by atoms with E-state index in [0.29, 0.717) is 0 Å². The van der Waals surface area contributed by atoms with E-state index in [9.17, 15) is 9.59 Å². The average molecular weight is 352 g/mol. The number of amides is 2. The Morgan fingerprint density at radius 1 is 1.08 bits per heavy atom. The molecule has 1 heterocycles. The number of aromatic amines is 1. The van der Waals surface area contributed by atoms with Crippen molar-refractivity contribution in [2.24, 2.45) is 5.84 Å². The number of alkyl carbamates (subject to hydrolysis) is 1. The summed E-state index contributed by atoms with van der Waals surface area (Å²) in [4.78, 5) is 27.3. The molecule has 0 aliphatic rings. The van der Waals surface area contributed by atoms with Crippen LogP contribution in [0.5, 0.6) is 0 Å². The zero-order chi connectivity index (χ0) is 18.4. The van der Waals surface area contributed by atoms with Gasteiger partial charge in [0.25, 0.3) is 5.91 Å². The molecule has 2 amide bonds. The molecule has 0 unspecified atom stereocenters. The van der Waals surface area contributed by atoms with Gasteiger partial charge in [-0.15, -0.1) is 0 Å². The Kier molecular flexibility index (Phi) is 5.50. The molecule has 0 bridgehead atoms. The Labute approximate surface area is 150 Å². The molecule has 3 rings (SSSR count). The van der Waals surface area contributed by atoms with Crippen LogP contribution in [0.2, 0.25) is 0 Å². The second-order valence-electron chi connectivity index (χ2n) is 5.83. The minimum absolute atomic E-state index is 0.122. The zero-order valence-electron chi connectivity index (χ0n) is 14.1. The van der Waals surface area contributed by atoms with Gasteiger partial charge in [-0.05, 0) is 17.2 Å². The van der Waals surface area contributed by atoms with Gasteiger partial charge in [0.1, 0.15) is 12.6 Å². The van der Waals surface area contributed by atoms with E-state index in [1.165, 1.54) is 0 Å². The molecule has 0 aliphatic heterocycles. The maximum Gasteiger partial charge on any atom is 0.408 e. The number of nitrogens with one attached hydrogen (secondary N) is 3. The standard InChI is InChI=1S/C19H20N4O3/c20-23-18(24)17(10-14-11-21-16-9-5-4-8-15(14)16)22-19(25)26-12-13-6-2-1-3-7-13/h1-9,11,17,21H,10,12,20H2,(H,22,25)(H,23,24)/t17-/m1/s1. The second kappa shape index (κ2) is 8.17. The van der Waals surface area contributed by atoms with Gasteiger partial charge in [-0.1, -0.05) is 48.5 Å². The number of hydrogen-bond acceptors (Lipinski definition) is 4. The van der Waals surface area contributed by atoms with Gasteiger partial charge in [-0.2, -0.15) is 0 Å². The van der Waals surface area contributed by atoms with E-state index in [2.05, 4.69) is 15.7 Å². The second-order valence-corrected chi connectivity index (χ2v) is 5.83. The van der Waals surface area contributed by atoms with Crippen LogP contribution in [0.1, 0.15) is 11.1 Å². The lowest BCUT2D eigenvalue weighted by Gasteiger charge is -2.17. The van der Waals surface area contributed by atoms with Crippen LogP contribution in [0, 0.1) is 0 Å². The van der Waals surface area contributed by atoms with Crippen molar-refractivity contribution in [2.45, 2.75) is 19.1 Å². The molecule has 3 aromatic rings. The molecular formula is C19H20N4O3. The average Bonchev–Trinajstić information content (AvgIpc) is 3.09. The molecule has 5 N–H and O–H groups in total. The van der Waals surface area contributed by atoms with Gasteiger partial charge in [0.05, 0.1) is 0 Å². The predicted molar refractivity (Wildman–Crippen MR) is 97.9 cm³/mol. The van der Waals surface area contributed by atoms with E-state index < -0.39 is 18.0 Å². The van der Waals surface area contributed by atoms with Crippen LogP contribution in [0.25, 0.3) is 10.9 Å². The predicted octanol–water partition coefficient (Wildman–Crippen LogP) is 2.00. The van der Waals surface area contributed by atoms with Gasteiger partial charge in [-0.3, -0.25) is 10.2 Å². The molecule has 1 aromatic heterocycles. The Bertz CT molecular complexity index is 892. The largest absolute Gasteiger partial charge is 0.445 e. The van der Waals surface area contributed by atoms with Crippen molar-refractivity contribution in [3.63, 3.8) is 0 Å². The molecule has 1 atom stereocenters. The quantitative estimate of drug-likeness (QED) is 0.309. The summed E-state index contributed by atoms with van der Waals surface area (Å²) in [5.41, 5.74) is 4.81. The third kappa shape index (κ3) is 4.20. The van der Waals surface area contributed by atoms with Crippen LogP contribution in [0.3, 0.4) is 0 Å². The van der Waals surface area contributed by atoms with Crippen LogP contribution < -0.4 is 16.6 Å². The topological polar surface area (TPSA) is 109 Å². The Balaban J connectivity index is 1.66. The first-order valence-corrected chi connectivity index (χ1v) is 8.20. The SMILES string of the molecule is NNC(=O)[C@@H](Cc1c[nH]c2ccccc12)NC(=O)OCc1ccccc1. The maximum atomic E-state index is 12.1. The van der Waals surface area contributed by atoms with Crippen LogP contribution in [-0.4, -0.2) is 23.0 Å². The van der Waals surface area contributed by atoms with Gasteiger partial charge in [0.15, 0.2) is 0 Å². The molecule has 0 fully saturated rings. The van der Waals surface area contributed by atoms with Gasteiger partial charge < -0.3 is 15.0 Å². The number of hydrogen-bond donors (Lipinski definition) is 4. The third-order valence-electron chi connectivity index (χ3n) is 4.06. The van der Waals surface area contributed by atoms with Crippen molar-refractivity contribution in [2.75, 3.05) is 0 Å². The first kappa shape index (κ1) is 17.5. The summed E-state index contributed by atoms with van der Waals surface area (Å²) in [5, 5.41) is 3.56. The molecular weight excluding hydrogens is 332 g/mol. The molecule has 0 spiro atoms. The number of rotatable bonds is 6. The summed E-state index contributed by atoms with van der Waals surface area (Å²) in [5.74, 6) is 4.76. The minimum Gasteiger partial charge on any atom is -0.445 e. The number of fused-ring (bicyclic) bond motifs is 1. The van der Waals surface area contributed by atoms with Crippen molar-refractivity contribution in [3.8, 4) is 0 Å². The summed E-state index contributed by atoms with van der Waals surface area (Å²) >= 11 is 0. The highest BCUT2D eigenvalue weighted by Gasteiger charge is 2.22. The van der Waals surface area contributed by atoms with E-state index >= 15 is 0 Å². The van der Waals surface area contributed by atoms with Gasteiger partial charge in [-0.25, -0.2) is 10.6 Å². The van der Waals surface area contributed by atoms with Gasteiger partial charge in [0, 0.05) is 23.5 Å². The number of hydrazine groups is 1. The summed E-state index contributed by atoms with van der Waals surface area (Å²) in [6, 6.07) is 16.2. The molecule has 0 saturated carbocycles. The van der Waals surface area contributed by atoms with Crippen molar-refractivity contribution >= 4 is 22.9 Å². The number of ether oxygens (including phenoxy) is 1. The molecule has 7 heteroatoms. The van der Waals surface area contributed by atoms with E-state index in [1.54, 1.807) is 0 Å². The molecule has 0 saturated heterocycles. The molecule has 134 valence electrons. The van der Waals surface area contributed by atoms with Gasteiger partial charge >= 0.3 is 6.09 Å². The number of benzene rings is 2. The normalized spacial score (nSPS) is 11.7. The lowest BCUT2D eigenvalue weighted by molar-refractivity contribution is -0.123. The fourth-order valence-electron chi connectivity index (χ4n) is 2.74. The number of nitrogens with two attached hydrogens (primary N) is 1. The minimum atomic E-state index is -0.845. The first-order valence-electron chi connectivity index (χ1n) is 8.20. The Morgan fingerprint density at radius 2 is 1.81 bits per heavy atom. The number of aromatic nitrogens is 1. The van der Waals surface area contributed by atoms with E-state index in [4.69, 9.17) is 10.6 Å². The molecule has 26 heavy (non-hydrogen) atoms. The van der Waals surface area contributed by atoms with Crippen LogP contribution >= 0.6 is 0 Å². The number of carbonyl (C=O) groups is 2. The maximum absolute atomic E-state index is 12.1. The summed E-state index contributed by atoms with van der Waals surface area (Å²) in [7, 11) is 0. The van der Waals surface area contributed by atoms with Crippen LogP contribution in [0.15, 0.2) is 60.8 Å². The van der Waals surface area contributed by atoms with E-state index in [0.717, 1.165) is 22.0 Å². The number of para-hydroxylation sites is 1. The summed E-state index contributed by atoms with van der Waals surface area (Å²) < 4.78 is 5.18. The summed E-state index contributed by atoms with van der Waals surface area (Å²) in [6.45, 7) is 0.122.